The zero-order valence-corrected chi connectivity index (χ0v) is 11.1. The van der Waals surface area contributed by atoms with Crippen LogP contribution in [0.15, 0.2) is 58.6 Å². The van der Waals surface area contributed by atoms with E-state index < -0.39 is 0 Å². The number of rotatable bonds is 3. The summed E-state index contributed by atoms with van der Waals surface area (Å²) in [5, 5.41) is 0.738. The molecule has 0 saturated heterocycles. The van der Waals surface area contributed by atoms with Crippen LogP contribution in [0.3, 0.4) is 0 Å². The molecule has 3 nitrogen and oxygen atoms in total. The Labute approximate surface area is 111 Å². The van der Waals surface area contributed by atoms with Crippen molar-refractivity contribution in [1.82, 2.24) is 9.88 Å². The summed E-state index contributed by atoms with van der Waals surface area (Å²) in [6, 6.07) is 13.5. The van der Waals surface area contributed by atoms with Gasteiger partial charge in [0.05, 0.1) is 5.56 Å². The number of benzene rings is 1. The van der Waals surface area contributed by atoms with E-state index in [9.17, 15) is 4.79 Å². The monoisotopic (exact) mass is 258 g/mol. The molecule has 0 aliphatic heterocycles. The molecule has 92 valence electrons. The van der Waals surface area contributed by atoms with Crippen molar-refractivity contribution in [2.45, 2.75) is 9.92 Å². The minimum Gasteiger partial charge on any atom is -0.345 e. The van der Waals surface area contributed by atoms with E-state index in [1.165, 1.54) is 11.8 Å². The van der Waals surface area contributed by atoms with E-state index in [4.69, 9.17) is 0 Å². The molecular formula is C14H14N2OS. The molecule has 2 rings (SSSR count). The van der Waals surface area contributed by atoms with Crippen LogP contribution >= 0.6 is 11.8 Å². The smallest absolute Gasteiger partial charge is 0.256 e. The van der Waals surface area contributed by atoms with E-state index >= 15 is 0 Å². The van der Waals surface area contributed by atoms with Gasteiger partial charge in [-0.25, -0.2) is 4.98 Å². The van der Waals surface area contributed by atoms with E-state index in [0.29, 0.717) is 5.56 Å². The zero-order valence-electron chi connectivity index (χ0n) is 10.3. The molecule has 1 aromatic heterocycles. The molecule has 0 fully saturated rings. The molecule has 0 aliphatic rings. The Bertz CT molecular complexity index is 541. The number of aromatic nitrogens is 1. The van der Waals surface area contributed by atoms with Gasteiger partial charge >= 0.3 is 0 Å². The Morgan fingerprint density at radius 2 is 1.83 bits per heavy atom. The van der Waals surface area contributed by atoms with Gasteiger partial charge in [0.15, 0.2) is 0 Å². The number of amides is 1. The third-order valence-electron chi connectivity index (χ3n) is 2.37. The third-order valence-corrected chi connectivity index (χ3v) is 3.39. The number of pyridine rings is 1. The van der Waals surface area contributed by atoms with E-state index in [2.05, 4.69) is 4.98 Å². The highest BCUT2D eigenvalue weighted by molar-refractivity contribution is 7.99. The van der Waals surface area contributed by atoms with Crippen molar-refractivity contribution in [2.24, 2.45) is 0 Å². The standard InChI is InChI=1S/C14H14N2OS/c1-16(2)14(17)12-9-6-10-15-13(12)18-11-7-4-3-5-8-11/h3-10H,1-2H3. The van der Waals surface area contributed by atoms with Crippen LogP contribution in [-0.2, 0) is 0 Å². The summed E-state index contributed by atoms with van der Waals surface area (Å²) in [6.45, 7) is 0. The fourth-order valence-corrected chi connectivity index (χ4v) is 2.37. The fourth-order valence-electron chi connectivity index (χ4n) is 1.48. The second kappa shape index (κ2) is 5.69. The summed E-state index contributed by atoms with van der Waals surface area (Å²) >= 11 is 1.50. The lowest BCUT2D eigenvalue weighted by atomic mass is 10.2. The Kier molecular flexibility index (Phi) is 3.99. The average Bonchev–Trinajstić information content (AvgIpc) is 2.39. The molecule has 4 heteroatoms. The van der Waals surface area contributed by atoms with Crippen LogP contribution < -0.4 is 0 Å². The molecule has 0 aliphatic carbocycles. The largest absolute Gasteiger partial charge is 0.345 e. The van der Waals surface area contributed by atoms with Crippen LogP contribution in [0.2, 0.25) is 0 Å². The quantitative estimate of drug-likeness (QED) is 0.848. The highest BCUT2D eigenvalue weighted by atomic mass is 32.2. The van der Waals surface area contributed by atoms with Gasteiger partial charge in [-0.2, -0.15) is 0 Å². The zero-order chi connectivity index (χ0) is 13.0. The minimum absolute atomic E-state index is 0.0264. The number of hydrogen-bond donors (Lipinski definition) is 0. The van der Waals surface area contributed by atoms with E-state index in [1.54, 1.807) is 37.3 Å². The van der Waals surface area contributed by atoms with E-state index in [0.717, 1.165) is 9.92 Å². The predicted octanol–water partition coefficient (Wildman–Crippen LogP) is 2.93. The molecule has 18 heavy (non-hydrogen) atoms. The Hall–Kier alpha value is -1.81. The van der Waals surface area contributed by atoms with Crippen molar-refractivity contribution in [3.05, 3.63) is 54.2 Å². The predicted molar refractivity (Wildman–Crippen MR) is 72.8 cm³/mol. The molecule has 0 saturated carbocycles. The number of nitrogens with zero attached hydrogens (tertiary/aromatic N) is 2. The van der Waals surface area contributed by atoms with Crippen LogP contribution in [0.1, 0.15) is 10.4 Å². The Balaban J connectivity index is 2.31. The normalized spacial score (nSPS) is 10.1. The van der Waals surface area contributed by atoms with Gasteiger partial charge in [0.1, 0.15) is 5.03 Å². The summed E-state index contributed by atoms with van der Waals surface area (Å²) in [5.41, 5.74) is 0.636. The second-order valence-electron chi connectivity index (χ2n) is 3.97. The summed E-state index contributed by atoms with van der Waals surface area (Å²) in [7, 11) is 3.48. The van der Waals surface area contributed by atoms with Crippen molar-refractivity contribution < 1.29 is 4.79 Å². The number of hydrogen-bond acceptors (Lipinski definition) is 3. The number of carbonyl (C=O) groups is 1. The maximum absolute atomic E-state index is 12.0. The van der Waals surface area contributed by atoms with Crippen LogP contribution in [0.5, 0.6) is 0 Å². The maximum atomic E-state index is 12.0. The topological polar surface area (TPSA) is 33.2 Å². The van der Waals surface area contributed by atoms with Gasteiger partial charge < -0.3 is 4.90 Å². The van der Waals surface area contributed by atoms with Gasteiger partial charge in [-0.15, -0.1) is 0 Å². The molecule has 1 amide bonds. The molecule has 0 bridgehead atoms. The highest BCUT2D eigenvalue weighted by Crippen LogP contribution is 2.28. The SMILES string of the molecule is CN(C)C(=O)c1cccnc1Sc1ccccc1. The first kappa shape index (κ1) is 12.6. The lowest BCUT2D eigenvalue weighted by molar-refractivity contribution is 0.0823. The van der Waals surface area contributed by atoms with Crippen LogP contribution in [0.4, 0.5) is 0 Å². The lowest BCUT2D eigenvalue weighted by Gasteiger charge is -2.12. The average molecular weight is 258 g/mol. The van der Waals surface area contributed by atoms with Gasteiger partial charge in [-0.3, -0.25) is 4.79 Å². The minimum atomic E-state index is -0.0264. The molecular weight excluding hydrogens is 244 g/mol. The van der Waals surface area contributed by atoms with Gasteiger partial charge in [0, 0.05) is 25.2 Å². The molecule has 1 aromatic carbocycles. The molecule has 0 unspecified atom stereocenters. The number of carbonyl (C=O) groups excluding carboxylic acids is 1. The van der Waals surface area contributed by atoms with Crippen LogP contribution in [-0.4, -0.2) is 29.9 Å². The van der Waals surface area contributed by atoms with Crippen molar-refractivity contribution in [3.63, 3.8) is 0 Å². The van der Waals surface area contributed by atoms with Gasteiger partial charge in [-0.05, 0) is 24.3 Å². The summed E-state index contributed by atoms with van der Waals surface area (Å²) < 4.78 is 0. The second-order valence-corrected chi connectivity index (χ2v) is 5.03. The summed E-state index contributed by atoms with van der Waals surface area (Å²) in [6.07, 6.45) is 1.71. The Morgan fingerprint density at radius 3 is 2.50 bits per heavy atom. The molecule has 0 N–H and O–H groups in total. The summed E-state index contributed by atoms with van der Waals surface area (Å²) in [5.74, 6) is -0.0264. The maximum Gasteiger partial charge on any atom is 0.256 e. The van der Waals surface area contributed by atoms with Crippen molar-refractivity contribution in [3.8, 4) is 0 Å². The van der Waals surface area contributed by atoms with E-state index in [-0.39, 0.29) is 5.91 Å². The first-order valence-corrected chi connectivity index (χ1v) is 6.39. The molecule has 1 heterocycles. The van der Waals surface area contributed by atoms with Crippen molar-refractivity contribution >= 4 is 17.7 Å². The highest BCUT2D eigenvalue weighted by Gasteiger charge is 2.14. The first-order valence-electron chi connectivity index (χ1n) is 5.58. The van der Waals surface area contributed by atoms with Crippen molar-refractivity contribution in [1.29, 1.82) is 0 Å². The fraction of sp³-hybridized carbons (Fsp3) is 0.143. The van der Waals surface area contributed by atoms with Crippen LogP contribution in [0, 0.1) is 0 Å². The lowest BCUT2D eigenvalue weighted by Crippen LogP contribution is -2.22. The molecule has 2 aromatic rings. The third kappa shape index (κ3) is 2.90. The van der Waals surface area contributed by atoms with Crippen molar-refractivity contribution in [2.75, 3.05) is 14.1 Å². The van der Waals surface area contributed by atoms with Gasteiger partial charge in [0.25, 0.3) is 5.91 Å². The summed E-state index contributed by atoms with van der Waals surface area (Å²) in [4.78, 5) is 19.0. The first-order chi connectivity index (χ1) is 8.68. The van der Waals surface area contributed by atoms with Gasteiger partial charge in [-0.1, -0.05) is 30.0 Å². The molecule has 0 radical (unpaired) electrons. The molecule has 0 spiro atoms. The van der Waals surface area contributed by atoms with Crippen LogP contribution in [0.25, 0.3) is 0 Å². The Morgan fingerprint density at radius 1 is 1.11 bits per heavy atom. The molecule has 0 atom stereocenters. The van der Waals surface area contributed by atoms with E-state index in [1.807, 2.05) is 30.3 Å². The van der Waals surface area contributed by atoms with Gasteiger partial charge in [0.2, 0.25) is 0 Å².